The van der Waals surface area contributed by atoms with Gasteiger partial charge in [0.05, 0.1) is 5.84 Å². The van der Waals surface area contributed by atoms with Crippen LogP contribution in [0, 0.1) is 5.41 Å². The summed E-state index contributed by atoms with van der Waals surface area (Å²) in [5.74, 6) is 1.03. The highest BCUT2D eigenvalue weighted by Gasteiger charge is 2.14. The van der Waals surface area contributed by atoms with Crippen molar-refractivity contribution in [1.82, 2.24) is 9.36 Å². The molecule has 1 aromatic carbocycles. The number of hydrogen-bond donors (Lipinski definition) is 2. The lowest BCUT2D eigenvalue weighted by Crippen LogP contribution is -2.23. The van der Waals surface area contributed by atoms with Crippen molar-refractivity contribution in [3.8, 4) is 0 Å². The Bertz CT molecular complexity index is 537. The van der Waals surface area contributed by atoms with Gasteiger partial charge >= 0.3 is 0 Å². The second kappa shape index (κ2) is 6.29. The molecule has 2 aromatic rings. The van der Waals surface area contributed by atoms with Gasteiger partial charge in [-0.3, -0.25) is 5.41 Å². The zero-order valence-electron chi connectivity index (χ0n) is 10.8. The zero-order chi connectivity index (χ0) is 13.7. The van der Waals surface area contributed by atoms with E-state index in [0.29, 0.717) is 13.0 Å². The molecule has 0 amide bonds. The third kappa shape index (κ3) is 3.51. The maximum atomic E-state index is 7.37. The summed E-state index contributed by atoms with van der Waals surface area (Å²) in [7, 11) is 0. The molecule has 0 radical (unpaired) electrons. The maximum Gasteiger partial charge on any atom is 0.209 e. The van der Waals surface area contributed by atoms with Crippen LogP contribution in [0.25, 0.3) is 0 Å². The van der Waals surface area contributed by atoms with E-state index in [1.165, 1.54) is 11.5 Å². The Kier molecular flexibility index (Phi) is 4.46. The molecule has 2 rings (SSSR count). The summed E-state index contributed by atoms with van der Waals surface area (Å²) in [5.41, 5.74) is 6.50. The highest BCUT2D eigenvalue weighted by atomic mass is 32.1. The van der Waals surface area contributed by atoms with E-state index >= 15 is 0 Å². The molecule has 100 valence electrons. The molecular formula is C13H17N5S. The lowest BCUT2D eigenvalue weighted by atomic mass is 10.3. The van der Waals surface area contributed by atoms with Crippen LogP contribution in [0.1, 0.15) is 19.2 Å². The van der Waals surface area contributed by atoms with E-state index in [2.05, 4.69) is 14.3 Å². The number of para-hydroxylation sites is 1. The average Bonchev–Trinajstić information content (AvgIpc) is 2.89. The summed E-state index contributed by atoms with van der Waals surface area (Å²) in [4.78, 5) is 6.56. The van der Waals surface area contributed by atoms with E-state index in [1.807, 2.05) is 37.3 Å². The second-order valence-corrected chi connectivity index (χ2v) is 4.84. The molecular weight excluding hydrogens is 258 g/mol. The van der Waals surface area contributed by atoms with Crippen LogP contribution in [0.4, 0.5) is 10.8 Å². The fraction of sp³-hybridized carbons (Fsp3) is 0.308. The van der Waals surface area contributed by atoms with Gasteiger partial charge < -0.3 is 10.6 Å². The molecule has 19 heavy (non-hydrogen) atoms. The van der Waals surface area contributed by atoms with Crippen molar-refractivity contribution in [3.05, 3.63) is 36.2 Å². The van der Waals surface area contributed by atoms with Crippen LogP contribution in [0.3, 0.4) is 0 Å². The number of nitrogens with zero attached hydrogens (tertiary/aromatic N) is 3. The molecule has 3 N–H and O–H groups in total. The highest BCUT2D eigenvalue weighted by Crippen LogP contribution is 2.26. The monoisotopic (exact) mass is 275 g/mol. The third-order valence-corrected chi connectivity index (χ3v) is 3.45. The minimum Gasteiger partial charge on any atom is -0.388 e. The van der Waals surface area contributed by atoms with Gasteiger partial charge in [-0.15, -0.1) is 0 Å². The van der Waals surface area contributed by atoms with Crippen LogP contribution in [-0.4, -0.2) is 21.7 Å². The largest absolute Gasteiger partial charge is 0.388 e. The van der Waals surface area contributed by atoms with Gasteiger partial charge in [0.1, 0.15) is 5.82 Å². The fourth-order valence-electron chi connectivity index (χ4n) is 1.67. The number of aryl methyl sites for hydroxylation is 1. The van der Waals surface area contributed by atoms with Crippen molar-refractivity contribution in [3.63, 3.8) is 0 Å². The quantitative estimate of drug-likeness (QED) is 0.627. The maximum absolute atomic E-state index is 7.37. The smallest absolute Gasteiger partial charge is 0.209 e. The van der Waals surface area contributed by atoms with Crippen molar-refractivity contribution >= 4 is 28.2 Å². The first kappa shape index (κ1) is 13.5. The SMILES string of the molecule is CCc1nsc(N(CCC(=N)N)c2ccccc2)n1. The minimum atomic E-state index is 0.182. The van der Waals surface area contributed by atoms with Gasteiger partial charge in [0.15, 0.2) is 0 Å². The van der Waals surface area contributed by atoms with Crippen molar-refractivity contribution in [2.24, 2.45) is 5.73 Å². The molecule has 0 fully saturated rings. The molecule has 0 spiro atoms. The summed E-state index contributed by atoms with van der Waals surface area (Å²) in [6.07, 6.45) is 1.34. The van der Waals surface area contributed by atoms with E-state index in [-0.39, 0.29) is 5.84 Å². The lowest BCUT2D eigenvalue weighted by molar-refractivity contribution is 0.927. The fourth-order valence-corrected chi connectivity index (χ4v) is 2.47. The number of benzene rings is 1. The average molecular weight is 275 g/mol. The lowest BCUT2D eigenvalue weighted by Gasteiger charge is -2.21. The molecule has 0 aliphatic heterocycles. The van der Waals surface area contributed by atoms with Crippen LogP contribution in [0.2, 0.25) is 0 Å². The number of nitrogens with one attached hydrogen (secondary N) is 1. The molecule has 0 saturated heterocycles. The molecule has 0 unspecified atom stereocenters. The van der Waals surface area contributed by atoms with Crippen molar-refractivity contribution < 1.29 is 0 Å². The first-order valence-electron chi connectivity index (χ1n) is 6.18. The van der Waals surface area contributed by atoms with E-state index < -0.39 is 0 Å². The summed E-state index contributed by atoms with van der Waals surface area (Å²) in [6.45, 7) is 2.67. The third-order valence-electron chi connectivity index (χ3n) is 2.68. The Balaban J connectivity index is 2.25. The molecule has 6 heteroatoms. The zero-order valence-corrected chi connectivity index (χ0v) is 11.7. The summed E-state index contributed by atoms with van der Waals surface area (Å²) >= 11 is 1.38. The molecule has 0 saturated carbocycles. The van der Waals surface area contributed by atoms with E-state index in [9.17, 15) is 0 Å². The predicted octanol–water partition coefficient (Wildman–Crippen LogP) is 2.56. The number of nitrogens with two attached hydrogens (primary N) is 1. The normalized spacial score (nSPS) is 10.4. The van der Waals surface area contributed by atoms with Gasteiger partial charge in [0.2, 0.25) is 5.13 Å². The van der Waals surface area contributed by atoms with Crippen LogP contribution < -0.4 is 10.6 Å². The standard InChI is InChI=1S/C13H17N5S/c1-2-12-16-13(19-17-12)18(9-8-11(14)15)10-6-4-3-5-7-10/h3-7H,2,8-9H2,1H3,(H3,14,15). The van der Waals surface area contributed by atoms with E-state index in [0.717, 1.165) is 23.1 Å². The number of aromatic nitrogens is 2. The Hall–Kier alpha value is -1.95. The van der Waals surface area contributed by atoms with Gasteiger partial charge in [-0.2, -0.15) is 4.37 Å². The van der Waals surface area contributed by atoms with Gasteiger partial charge in [0, 0.05) is 36.6 Å². The number of anilines is 2. The van der Waals surface area contributed by atoms with E-state index in [1.54, 1.807) is 0 Å². The first-order chi connectivity index (χ1) is 9.20. The Labute approximate surface area is 116 Å². The summed E-state index contributed by atoms with van der Waals surface area (Å²) in [5, 5.41) is 8.22. The molecule has 0 bridgehead atoms. The van der Waals surface area contributed by atoms with Gasteiger partial charge in [-0.1, -0.05) is 25.1 Å². The highest BCUT2D eigenvalue weighted by molar-refractivity contribution is 7.09. The van der Waals surface area contributed by atoms with E-state index in [4.69, 9.17) is 11.1 Å². The minimum absolute atomic E-state index is 0.182. The second-order valence-electron chi connectivity index (χ2n) is 4.11. The number of hydrogen-bond acceptors (Lipinski definition) is 5. The molecule has 0 atom stereocenters. The van der Waals surface area contributed by atoms with Crippen molar-refractivity contribution in [2.45, 2.75) is 19.8 Å². The Morgan fingerprint density at radius 2 is 2.11 bits per heavy atom. The molecule has 0 aliphatic carbocycles. The topological polar surface area (TPSA) is 78.9 Å². The molecule has 1 aromatic heterocycles. The summed E-state index contributed by atoms with van der Waals surface area (Å²) in [6, 6.07) is 9.99. The van der Waals surface area contributed by atoms with Gasteiger partial charge in [-0.25, -0.2) is 4.98 Å². The molecule has 1 heterocycles. The van der Waals surface area contributed by atoms with Crippen LogP contribution in [0.5, 0.6) is 0 Å². The molecule has 5 nitrogen and oxygen atoms in total. The number of rotatable bonds is 6. The Morgan fingerprint density at radius 1 is 1.37 bits per heavy atom. The molecule has 0 aliphatic rings. The van der Waals surface area contributed by atoms with Crippen LogP contribution >= 0.6 is 11.5 Å². The van der Waals surface area contributed by atoms with Gasteiger partial charge in [-0.05, 0) is 12.1 Å². The van der Waals surface area contributed by atoms with Crippen molar-refractivity contribution in [1.29, 1.82) is 5.41 Å². The summed E-state index contributed by atoms with van der Waals surface area (Å²) < 4.78 is 4.31. The van der Waals surface area contributed by atoms with Crippen LogP contribution in [-0.2, 0) is 6.42 Å². The van der Waals surface area contributed by atoms with Crippen molar-refractivity contribution in [2.75, 3.05) is 11.4 Å². The Morgan fingerprint density at radius 3 is 2.68 bits per heavy atom. The van der Waals surface area contributed by atoms with Crippen LogP contribution in [0.15, 0.2) is 30.3 Å². The number of amidine groups is 1. The predicted molar refractivity (Wildman–Crippen MR) is 79.3 cm³/mol. The first-order valence-corrected chi connectivity index (χ1v) is 6.96. The van der Waals surface area contributed by atoms with Gasteiger partial charge in [0.25, 0.3) is 0 Å².